The second-order valence-corrected chi connectivity index (χ2v) is 12.7. The van der Waals surface area contributed by atoms with E-state index < -0.39 is 19.9 Å². The van der Waals surface area contributed by atoms with Gasteiger partial charge in [0.1, 0.15) is 0 Å². The van der Waals surface area contributed by atoms with Crippen LogP contribution >= 0.6 is 0 Å². The molecule has 0 amide bonds. The number of benzene rings is 1. The number of sulfonamides is 1. The van der Waals surface area contributed by atoms with Crippen molar-refractivity contribution in [3.8, 4) is 0 Å². The van der Waals surface area contributed by atoms with E-state index in [1.165, 1.54) is 12.5 Å². The van der Waals surface area contributed by atoms with Gasteiger partial charge in [-0.25, -0.2) is 21.6 Å². The van der Waals surface area contributed by atoms with Gasteiger partial charge < -0.3 is 0 Å². The highest BCUT2D eigenvalue weighted by Crippen LogP contribution is 2.28. The summed E-state index contributed by atoms with van der Waals surface area (Å²) < 4.78 is 54.6. The molecule has 1 saturated carbocycles. The lowest BCUT2D eigenvalue weighted by molar-refractivity contribution is 0.303. The quantitative estimate of drug-likeness (QED) is 0.660. The van der Waals surface area contributed by atoms with Crippen LogP contribution in [-0.4, -0.2) is 38.4 Å². The topological polar surface area (TPSA) is 98.1 Å². The zero-order chi connectivity index (χ0) is 22.8. The molecule has 7 nitrogen and oxygen atoms in total. The number of hydrogen-bond acceptors (Lipinski definition) is 5. The Bertz CT molecular complexity index is 1180. The van der Waals surface area contributed by atoms with Crippen molar-refractivity contribution in [2.24, 2.45) is 5.92 Å². The molecule has 2 aromatic rings. The van der Waals surface area contributed by atoms with Gasteiger partial charge in [-0.3, -0.25) is 4.68 Å². The number of fused-ring (bicyclic) bond motifs is 1. The predicted octanol–water partition coefficient (Wildman–Crippen LogP) is 3.26. The Hall–Kier alpha value is -1.97. The first-order valence-electron chi connectivity index (χ1n) is 11.3. The molecule has 4 rings (SSSR count). The van der Waals surface area contributed by atoms with Crippen molar-refractivity contribution in [1.29, 1.82) is 0 Å². The molecule has 1 fully saturated rings. The minimum absolute atomic E-state index is 0.0737. The third-order valence-corrected chi connectivity index (χ3v) is 9.23. The van der Waals surface area contributed by atoms with Gasteiger partial charge in [0.05, 0.1) is 29.4 Å². The Kier molecular flexibility index (Phi) is 6.88. The smallest absolute Gasteiger partial charge is 0.234 e. The van der Waals surface area contributed by atoms with E-state index in [0.29, 0.717) is 30.1 Å². The van der Waals surface area contributed by atoms with Gasteiger partial charge in [-0.05, 0) is 37.3 Å². The van der Waals surface area contributed by atoms with Crippen LogP contribution in [0.15, 0.2) is 35.7 Å². The van der Waals surface area contributed by atoms with E-state index in [-0.39, 0.29) is 17.5 Å². The molecule has 2 heterocycles. The van der Waals surface area contributed by atoms with Crippen molar-refractivity contribution >= 4 is 25.9 Å². The first-order chi connectivity index (χ1) is 15.2. The maximum absolute atomic E-state index is 12.8. The van der Waals surface area contributed by atoms with Crippen molar-refractivity contribution in [3.63, 3.8) is 0 Å². The monoisotopic (exact) mass is 477 g/mol. The van der Waals surface area contributed by atoms with E-state index in [2.05, 4.69) is 9.82 Å². The van der Waals surface area contributed by atoms with Gasteiger partial charge in [-0.1, -0.05) is 49.6 Å². The Labute approximate surface area is 190 Å². The number of nitrogens with one attached hydrogen (secondary N) is 1. The van der Waals surface area contributed by atoms with E-state index >= 15 is 0 Å². The molecule has 32 heavy (non-hydrogen) atoms. The van der Waals surface area contributed by atoms with E-state index in [1.807, 2.05) is 37.3 Å². The van der Waals surface area contributed by atoms with Crippen LogP contribution in [0.5, 0.6) is 0 Å². The summed E-state index contributed by atoms with van der Waals surface area (Å²) in [5.41, 5.74) is 2.90. The number of aryl methyl sites for hydroxylation is 1. The van der Waals surface area contributed by atoms with Crippen LogP contribution in [0.1, 0.15) is 61.5 Å². The SMILES string of the molecule is C[C@@H](NS(=O)(=O)/C=C/c1c2c(nn1Cc1ccccc1)CCS(=O)(=O)C2)C1CCCCC1. The fraction of sp³-hybridized carbons (Fsp3) is 0.522. The Morgan fingerprint density at radius 1 is 1.19 bits per heavy atom. The summed E-state index contributed by atoms with van der Waals surface area (Å²) in [5.74, 6) is 0.320. The molecule has 0 bridgehead atoms. The Morgan fingerprint density at radius 3 is 2.62 bits per heavy atom. The van der Waals surface area contributed by atoms with Crippen molar-refractivity contribution < 1.29 is 16.8 Å². The summed E-state index contributed by atoms with van der Waals surface area (Å²) in [6, 6.07) is 9.59. The molecule has 1 aliphatic carbocycles. The van der Waals surface area contributed by atoms with Gasteiger partial charge in [-0.2, -0.15) is 5.10 Å². The zero-order valence-corrected chi connectivity index (χ0v) is 20.0. The van der Waals surface area contributed by atoms with Gasteiger partial charge in [0.15, 0.2) is 9.84 Å². The van der Waals surface area contributed by atoms with Crippen LogP contribution in [0.25, 0.3) is 6.08 Å². The molecule has 9 heteroatoms. The largest absolute Gasteiger partial charge is 0.260 e. The number of sulfone groups is 1. The van der Waals surface area contributed by atoms with E-state index in [4.69, 9.17) is 0 Å². The standard InChI is InChI=1S/C23H31N3O4S2/c1-18(20-10-6-3-7-11-20)25-32(29,30)15-13-23-21-17-31(27,28)14-12-22(21)24-26(23)16-19-8-4-2-5-9-19/h2,4-5,8-9,13,15,18,20,25H,3,6-7,10-12,14,16-17H2,1H3/b15-13+/t18-/m1/s1. The first-order valence-corrected chi connectivity index (χ1v) is 14.6. The lowest BCUT2D eigenvalue weighted by Crippen LogP contribution is -2.37. The van der Waals surface area contributed by atoms with Gasteiger partial charge in [-0.15, -0.1) is 0 Å². The van der Waals surface area contributed by atoms with E-state index in [0.717, 1.165) is 42.3 Å². The highest BCUT2D eigenvalue weighted by atomic mass is 32.2. The molecule has 0 unspecified atom stereocenters. The summed E-state index contributed by atoms with van der Waals surface area (Å²) in [6.07, 6.45) is 7.45. The van der Waals surface area contributed by atoms with Crippen LogP contribution < -0.4 is 4.72 Å². The molecule has 174 valence electrons. The molecule has 1 N–H and O–H groups in total. The van der Waals surface area contributed by atoms with Crippen molar-refractivity contribution in [3.05, 3.63) is 58.3 Å². The molecular weight excluding hydrogens is 446 g/mol. The lowest BCUT2D eigenvalue weighted by Gasteiger charge is -2.27. The van der Waals surface area contributed by atoms with Gasteiger partial charge in [0.25, 0.3) is 0 Å². The van der Waals surface area contributed by atoms with Crippen LogP contribution in [0.4, 0.5) is 0 Å². The fourth-order valence-electron chi connectivity index (χ4n) is 4.71. The van der Waals surface area contributed by atoms with E-state index in [1.54, 1.807) is 4.68 Å². The van der Waals surface area contributed by atoms with Gasteiger partial charge in [0.2, 0.25) is 10.0 Å². The minimum Gasteiger partial charge on any atom is -0.260 e. The third-order valence-electron chi connectivity index (χ3n) is 6.48. The van der Waals surface area contributed by atoms with E-state index in [9.17, 15) is 16.8 Å². The van der Waals surface area contributed by atoms with Crippen LogP contribution in [0.2, 0.25) is 0 Å². The molecule has 1 aromatic heterocycles. The molecule has 1 atom stereocenters. The first kappa shape index (κ1) is 23.2. The normalized spacial score (nSPS) is 20.3. The highest BCUT2D eigenvalue weighted by Gasteiger charge is 2.28. The highest BCUT2D eigenvalue weighted by molar-refractivity contribution is 7.92. The van der Waals surface area contributed by atoms with Crippen LogP contribution in [0.3, 0.4) is 0 Å². The molecule has 2 aliphatic rings. The maximum Gasteiger partial charge on any atom is 0.234 e. The second-order valence-electron chi connectivity index (χ2n) is 8.95. The predicted molar refractivity (Wildman–Crippen MR) is 126 cm³/mol. The summed E-state index contributed by atoms with van der Waals surface area (Å²) in [4.78, 5) is 0. The van der Waals surface area contributed by atoms with Gasteiger partial charge in [0, 0.05) is 23.4 Å². The Morgan fingerprint density at radius 2 is 1.91 bits per heavy atom. The lowest BCUT2D eigenvalue weighted by atomic mass is 9.85. The summed E-state index contributed by atoms with van der Waals surface area (Å²) >= 11 is 0. The van der Waals surface area contributed by atoms with Crippen LogP contribution in [0, 0.1) is 5.92 Å². The summed E-state index contributed by atoms with van der Waals surface area (Å²) in [6.45, 7) is 2.37. The number of aromatic nitrogens is 2. The number of hydrogen-bond donors (Lipinski definition) is 1. The summed E-state index contributed by atoms with van der Waals surface area (Å²) in [5, 5.41) is 5.79. The van der Waals surface area contributed by atoms with Crippen molar-refractivity contribution in [2.75, 3.05) is 5.75 Å². The average molecular weight is 478 g/mol. The third kappa shape index (κ3) is 5.68. The molecular formula is C23H31N3O4S2. The molecule has 0 saturated heterocycles. The average Bonchev–Trinajstić information content (AvgIpc) is 3.08. The van der Waals surface area contributed by atoms with Crippen molar-refractivity contribution in [2.45, 2.75) is 63.8 Å². The zero-order valence-electron chi connectivity index (χ0n) is 18.4. The van der Waals surface area contributed by atoms with Crippen molar-refractivity contribution in [1.82, 2.24) is 14.5 Å². The number of nitrogens with zero attached hydrogens (tertiary/aromatic N) is 2. The minimum atomic E-state index is -3.67. The molecule has 0 spiro atoms. The number of rotatable bonds is 7. The van der Waals surface area contributed by atoms with Crippen LogP contribution in [-0.2, 0) is 38.6 Å². The second kappa shape index (κ2) is 9.49. The molecule has 0 radical (unpaired) electrons. The molecule has 1 aromatic carbocycles. The van der Waals surface area contributed by atoms with Gasteiger partial charge >= 0.3 is 0 Å². The molecule has 1 aliphatic heterocycles. The Balaban J connectivity index is 1.60. The maximum atomic E-state index is 12.8. The fourth-order valence-corrected chi connectivity index (χ4v) is 7.21. The summed E-state index contributed by atoms with van der Waals surface area (Å²) in [7, 11) is -6.89.